The lowest BCUT2D eigenvalue weighted by Gasteiger charge is -2.38. The van der Waals surface area contributed by atoms with Crippen LogP contribution in [0, 0.1) is 5.92 Å². The van der Waals surface area contributed by atoms with Gasteiger partial charge in [0.2, 0.25) is 5.91 Å². The molecule has 10 heteroatoms. The van der Waals surface area contributed by atoms with E-state index in [-0.39, 0.29) is 17.7 Å². The molecule has 9 nitrogen and oxygen atoms in total. The SMILES string of the molecule is O=C1CSC(NC(=O)C2CN(c3cc(-n4cccn4)ncn3)C2)=N1. The van der Waals surface area contributed by atoms with Gasteiger partial charge in [0.15, 0.2) is 11.0 Å². The maximum absolute atomic E-state index is 12.1. The van der Waals surface area contributed by atoms with Crippen LogP contribution in [0.2, 0.25) is 0 Å². The van der Waals surface area contributed by atoms with Gasteiger partial charge in [0.25, 0.3) is 5.91 Å². The van der Waals surface area contributed by atoms with Crippen LogP contribution in [0.4, 0.5) is 5.82 Å². The van der Waals surface area contributed by atoms with Crippen molar-refractivity contribution in [3.8, 4) is 5.82 Å². The van der Waals surface area contributed by atoms with E-state index in [1.165, 1.54) is 18.1 Å². The molecular formula is C14H13N7O2S. The van der Waals surface area contributed by atoms with E-state index in [1.54, 1.807) is 17.1 Å². The summed E-state index contributed by atoms with van der Waals surface area (Å²) in [4.78, 5) is 37.4. The number of nitrogens with one attached hydrogen (secondary N) is 1. The van der Waals surface area contributed by atoms with E-state index < -0.39 is 0 Å². The Labute approximate surface area is 141 Å². The van der Waals surface area contributed by atoms with E-state index in [0.29, 0.717) is 29.8 Å². The zero-order valence-corrected chi connectivity index (χ0v) is 13.3. The van der Waals surface area contributed by atoms with Gasteiger partial charge < -0.3 is 10.2 Å². The molecule has 1 saturated heterocycles. The molecule has 2 aromatic rings. The summed E-state index contributed by atoms with van der Waals surface area (Å²) in [5.41, 5.74) is 0. The minimum Gasteiger partial charge on any atom is -0.355 e. The van der Waals surface area contributed by atoms with Crippen LogP contribution in [0.3, 0.4) is 0 Å². The van der Waals surface area contributed by atoms with E-state index in [9.17, 15) is 9.59 Å². The Hall–Kier alpha value is -2.75. The van der Waals surface area contributed by atoms with Crippen molar-refractivity contribution in [2.75, 3.05) is 23.7 Å². The van der Waals surface area contributed by atoms with E-state index in [0.717, 1.165) is 5.82 Å². The van der Waals surface area contributed by atoms with Crippen LogP contribution in [0.5, 0.6) is 0 Å². The fourth-order valence-electron chi connectivity index (χ4n) is 2.45. The molecule has 0 aromatic carbocycles. The molecule has 0 atom stereocenters. The van der Waals surface area contributed by atoms with Crippen LogP contribution < -0.4 is 10.2 Å². The number of aromatic nitrogens is 4. The maximum atomic E-state index is 12.1. The van der Waals surface area contributed by atoms with Crippen LogP contribution in [-0.2, 0) is 9.59 Å². The van der Waals surface area contributed by atoms with Crippen LogP contribution >= 0.6 is 11.8 Å². The van der Waals surface area contributed by atoms with Crippen molar-refractivity contribution in [3.63, 3.8) is 0 Å². The van der Waals surface area contributed by atoms with E-state index in [2.05, 4.69) is 25.4 Å². The van der Waals surface area contributed by atoms with Crippen molar-refractivity contribution in [1.82, 2.24) is 25.1 Å². The first-order valence-corrected chi connectivity index (χ1v) is 8.30. The fourth-order valence-corrected chi connectivity index (χ4v) is 3.11. The molecule has 4 heterocycles. The standard InChI is InChI=1S/C14H13N7O2S/c22-12-7-24-14(18-12)19-13(23)9-5-20(6-9)10-4-11(16-8-15-10)21-3-1-2-17-21/h1-4,8-9H,5-7H2,(H,18,19,22,23). The molecular weight excluding hydrogens is 330 g/mol. The molecule has 2 aliphatic heterocycles. The molecule has 0 aliphatic carbocycles. The van der Waals surface area contributed by atoms with Gasteiger partial charge in [-0.1, -0.05) is 11.8 Å². The van der Waals surface area contributed by atoms with Crippen LogP contribution in [0.1, 0.15) is 0 Å². The molecule has 0 radical (unpaired) electrons. The van der Waals surface area contributed by atoms with Crippen molar-refractivity contribution in [2.24, 2.45) is 10.9 Å². The highest BCUT2D eigenvalue weighted by atomic mass is 32.2. The zero-order valence-electron chi connectivity index (χ0n) is 12.5. The summed E-state index contributed by atoms with van der Waals surface area (Å²) in [6, 6.07) is 3.65. The fraction of sp³-hybridized carbons (Fsp3) is 0.286. The molecule has 2 aromatic heterocycles. The number of carbonyl (C=O) groups excluding carboxylic acids is 2. The number of hydrogen-bond donors (Lipinski definition) is 1. The lowest BCUT2D eigenvalue weighted by atomic mass is 9.99. The van der Waals surface area contributed by atoms with Crippen LogP contribution in [0.15, 0.2) is 35.8 Å². The van der Waals surface area contributed by atoms with E-state index in [4.69, 9.17) is 0 Å². The van der Waals surface area contributed by atoms with Crippen molar-refractivity contribution >= 4 is 34.6 Å². The molecule has 2 aliphatic rings. The molecule has 24 heavy (non-hydrogen) atoms. The number of nitrogens with zero attached hydrogens (tertiary/aromatic N) is 6. The average Bonchev–Trinajstić information content (AvgIpc) is 3.18. The average molecular weight is 343 g/mol. The molecule has 0 unspecified atom stereocenters. The molecule has 0 saturated carbocycles. The first kappa shape index (κ1) is 14.8. The Morgan fingerprint density at radius 1 is 1.29 bits per heavy atom. The van der Waals surface area contributed by atoms with E-state index >= 15 is 0 Å². The third kappa shape index (κ3) is 2.87. The molecule has 122 valence electrons. The van der Waals surface area contributed by atoms with Gasteiger partial charge in [0, 0.05) is 31.5 Å². The lowest BCUT2D eigenvalue weighted by molar-refractivity contribution is -0.124. The van der Waals surface area contributed by atoms with Crippen LogP contribution in [0.25, 0.3) is 5.82 Å². The number of aliphatic imine (C=N–C) groups is 1. The zero-order chi connectivity index (χ0) is 16.5. The Balaban J connectivity index is 1.37. The van der Waals surface area contributed by atoms with Gasteiger partial charge in [-0.3, -0.25) is 9.59 Å². The second-order valence-electron chi connectivity index (χ2n) is 5.38. The topological polar surface area (TPSA) is 105 Å². The number of rotatable bonds is 3. The predicted octanol–water partition coefficient (Wildman–Crippen LogP) is -0.156. The summed E-state index contributed by atoms with van der Waals surface area (Å²) < 4.78 is 1.65. The Bertz CT molecular complexity index is 814. The Morgan fingerprint density at radius 3 is 2.83 bits per heavy atom. The quantitative estimate of drug-likeness (QED) is 0.826. The van der Waals surface area contributed by atoms with Crippen LogP contribution in [-0.4, -0.2) is 55.6 Å². The number of anilines is 1. The van der Waals surface area contributed by atoms with Gasteiger partial charge in [-0.2, -0.15) is 10.1 Å². The van der Waals surface area contributed by atoms with Gasteiger partial charge in [-0.05, 0) is 6.07 Å². The van der Waals surface area contributed by atoms with Gasteiger partial charge in [-0.15, -0.1) is 0 Å². The number of thioether (sulfide) groups is 1. The van der Waals surface area contributed by atoms with Crippen molar-refractivity contribution in [2.45, 2.75) is 0 Å². The highest BCUT2D eigenvalue weighted by molar-refractivity contribution is 8.14. The number of hydrogen-bond acceptors (Lipinski definition) is 7. The lowest BCUT2D eigenvalue weighted by Crippen LogP contribution is -2.54. The third-order valence-electron chi connectivity index (χ3n) is 3.74. The van der Waals surface area contributed by atoms with Crippen molar-refractivity contribution in [3.05, 3.63) is 30.9 Å². The molecule has 4 rings (SSSR count). The largest absolute Gasteiger partial charge is 0.355 e. The smallest absolute Gasteiger partial charge is 0.258 e. The summed E-state index contributed by atoms with van der Waals surface area (Å²) in [6.45, 7) is 1.13. The van der Waals surface area contributed by atoms with Crippen molar-refractivity contribution < 1.29 is 9.59 Å². The van der Waals surface area contributed by atoms with Gasteiger partial charge in [0.1, 0.15) is 12.1 Å². The number of amidine groups is 1. The molecule has 1 N–H and O–H groups in total. The Kier molecular flexibility index (Phi) is 3.73. The summed E-state index contributed by atoms with van der Waals surface area (Å²) in [6.07, 6.45) is 4.97. The van der Waals surface area contributed by atoms with Gasteiger partial charge >= 0.3 is 0 Å². The predicted molar refractivity (Wildman–Crippen MR) is 87.9 cm³/mol. The minimum atomic E-state index is -0.210. The van der Waals surface area contributed by atoms with E-state index in [1.807, 2.05) is 17.0 Å². The number of carbonyl (C=O) groups is 2. The van der Waals surface area contributed by atoms with Gasteiger partial charge in [0.05, 0.1) is 11.7 Å². The molecule has 0 spiro atoms. The minimum absolute atomic E-state index is 0.117. The van der Waals surface area contributed by atoms with Crippen molar-refractivity contribution in [1.29, 1.82) is 0 Å². The second kappa shape index (κ2) is 6.04. The first-order chi connectivity index (χ1) is 11.7. The highest BCUT2D eigenvalue weighted by Gasteiger charge is 2.34. The summed E-state index contributed by atoms with van der Waals surface area (Å²) in [5, 5.41) is 7.23. The molecule has 0 bridgehead atoms. The normalized spacial score (nSPS) is 17.6. The first-order valence-electron chi connectivity index (χ1n) is 7.31. The molecule has 1 fully saturated rings. The number of amides is 2. The third-order valence-corrected chi connectivity index (χ3v) is 4.60. The highest BCUT2D eigenvalue weighted by Crippen LogP contribution is 2.24. The molecule has 2 amide bonds. The summed E-state index contributed by atoms with van der Waals surface area (Å²) >= 11 is 1.25. The Morgan fingerprint density at radius 2 is 2.12 bits per heavy atom. The monoisotopic (exact) mass is 343 g/mol. The second-order valence-corrected chi connectivity index (χ2v) is 6.34. The summed E-state index contributed by atoms with van der Waals surface area (Å²) in [5.74, 6) is 1.25. The summed E-state index contributed by atoms with van der Waals surface area (Å²) in [7, 11) is 0. The van der Waals surface area contributed by atoms with Gasteiger partial charge in [-0.25, -0.2) is 14.6 Å². The maximum Gasteiger partial charge on any atom is 0.258 e.